The molecule has 1 atom stereocenters. The maximum absolute atomic E-state index is 3.60. The van der Waals surface area contributed by atoms with Gasteiger partial charge in [0.25, 0.3) is 0 Å². The molecule has 0 aliphatic carbocycles. The molecule has 1 nitrogen and oxygen atoms in total. The van der Waals surface area contributed by atoms with E-state index in [9.17, 15) is 0 Å². The van der Waals surface area contributed by atoms with Gasteiger partial charge in [0.2, 0.25) is 0 Å². The molecule has 0 spiro atoms. The zero-order valence-corrected chi connectivity index (χ0v) is 15.7. The van der Waals surface area contributed by atoms with Crippen molar-refractivity contribution in [1.82, 2.24) is 5.32 Å². The van der Waals surface area contributed by atoms with Gasteiger partial charge >= 0.3 is 0 Å². The molecule has 1 unspecified atom stereocenters. The second kappa shape index (κ2) is 7.05. The fraction of sp³-hybridized carbons (Fsp3) is 0.294. The third-order valence-corrected chi connectivity index (χ3v) is 5.02. The molecule has 3 heteroatoms. The smallest absolute Gasteiger partial charge is 0.0587 e. The normalized spacial score (nSPS) is 12.4. The van der Waals surface area contributed by atoms with E-state index in [1.54, 1.807) is 0 Å². The number of aryl methyl sites for hydroxylation is 2. The van der Waals surface area contributed by atoms with Gasteiger partial charge in [0, 0.05) is 8.04 Å². The number of hydrogen-bond acceptors (Lipinski definition) is 1. The van der Waals surface area contributed by atoms with Crippen LogP contribution in [0.3, 0.4) is 0 Å². The summed E-state index contributed by atoms with van der Waals surface area (Å²) in [4.78, 5) is 0. The van der Waals surface area contributed by atoms with E-state index in [4.69, 9.17) is 0 Å². The van der Waals surface area contributed by atoms with Crippen LogP contribution in [0.25, 0.3) is 0 Å². The average molecular weight is 444 g/mol. The van der Waals surface area contributed by atoms with Gasteiger partial charge in [-0.3, -0.25) is 0 Å². The lowest BCUT2D eigenvalue weighted by Crippen LogP contribution is -2.23. The molecule has 0 amide bonds. The minimum Gasteiger partial charge on any atom is -0.306 e. The molecule has 0 saturated carbocycles. The number of benzene rings is 2. The topological polar surface area (TPSA) is 12.0 Å². The third-order valence-electron chi connectivity index (χ3n) is 3.54. The predicted octanol–water partition coefficient (Wildman–Crippen LogP) is 5.37. The van der Waals surface area contributed by atoms with Gasteiger partial charge in [-0.25, -0.2) is 0 Å². The molecular weight excluding hydrogens is 425 g/mol. The Morgan fingerprint density at radius 2 is 1.85 bits per heavy atom. The molecule has 0 aliphatic rings. The van der Waals surface area contributed by atoms with Crippen molar-refractivity contribution in [2.24, 2.45) is 0 Å². The molecule has 2 aromatic carbocycles. The van der Waals surface area contributed by atoms with Crippen LogP contribution in [0.5, 0.6) is 0 Å². The van der Waals surface area contributed by atoms with Crippen LogP contribution in [-0.4, -0.2) is 6.54 Å². The van der Waals surface area contributed by atoms with E-state index in [0.29, 0.717) is 0 Å². The Morgan fingerprint density at radius 3 is 2.50 bits per heavy atom. The number of nitrogens with one attached hydrogen (secondary N) is 1. The van der Waals surface area contributed by atoms with Gasteiger partial charge in [-0.1, -0.05) is 41.1 Å². The fourth-order valence-electron chi connectivity index (χ4n) is 2.29. The molecule has 2 rings (SSSR count). The summed E-state index contributed by atoms with van der Waals surface area (Å²) in [5.41, 5.74) is 5.33. The van der Waals surface area contributed by atoms with Crippen molar-refractivity contribution in [2.75, 3.05) is 6.54 Å². The molecule has 0 fully saturated rings. The highest BCUT2D eigenvalue weighted by molar-refractivity contribution is 14.1. The lowest BCUT2D eigenvalue weighted by atomic mass is 9.95. The Hall–Kier alpha value is -0.390. The molecule has 0 aliphatic heterocycles. The van der Waals surface area contributed by atoms with Crippen LogP contribution in [0.2, 0.25) is 0 Å². The van der Waals surface area contributed by atoms with Crippen LogP contribution in [0.15, 0.2) is 40.9 Å². The highest BCUT2D eigenvalue weighted by Crippen LogP contribution is 2.29. The molecule has 20 heavy (non-hydrogen) atoms. The molecule has 0 saturated heterocycles. The summed E-state index contributed by atoms with van der Waals surface area (Å²) in [5.74, 6) is 0. The van der Waals surface area contributed by atoms with E-state index in [1.165, 1.54) is 25.8 Å². The summed E-state index contributed by atoms with van der Waals surface area (Å²) in [6.07, 6.45) is 0. The Balaban J connectivity index is 2.49. The van der Waals surface area contributed by atoms with Crippen molar-refractivity contribution in [1.29, 1.82) is 0 Å². The number of hydrogen-bond donors (Lipinski definition) is 1. The first-order valence-electron chi connectivity index (χ1n) is 6.78. The third kappa shape index (κ3) is 3.62. The molecule has 106 valence electrons. The van der Waals surface area contributed by atoms with Gasteiger partial charge < -0.3 is 5.32 Å². The average Bonchev–Trinajstić information content (AvgIpc) is 2.42. The first-order chi connectivity index (χ1) is 9.52. The Morgan fingerprint density at radius 1 is 1.10 bits per heavy atom. The maximum Gasteiger partial charge on any atom is 0.0587 e. The predicted molar refractivity (Wildman–Crippen MR) is 98.3 cm³/mol. The minimum atomic E-state index is 0.240. The van der Waals surface area contributed by atoms with Gasteiger partial charge in [-0.05, 0) is 83.4 Å². The van der Waals surface area contributed by atoms with Crippen LogP contribution in [0, 0.1) is 17.4 Å². The fourth-order valence-corrected chi connectivity index (χ4v) is 3.32. The van der Waals surface area contributed by atoms with E-state index in [1.807, 2.05) is 0 Å². The van der Waals surface area contributed by atoms with E-state index < -0.39 is 0 Å². The SMILES string of the molecule is CCNC(c1ccc(C)c(C)c1)c1cc(Br)ccc1I. The second-order valence-electron chi connectivity index (χ2n) is 5.00. The van der Waals surface area contributed by atoms with Crippen LogP contribution < -0.4 is 5.32 Å². The summed E-state index contributed by atoms with van der Waals surface area (Å²) in [5, 5.41) is 3.60. The van der Waals surface area contributed by atoms with Crippen molar-refractivity contribution in [3.05, 3.63) is 66.7 Å². The monoisotopic (exact) mass is 443 g/mol. The highest BCUT2D eigenvalue weighted by Gasteiger charge is 2.16. The summed E-state index contributed by atoms with van der Waals surface area (Å²) in [7, 11) is 0. The summed E-state index contributed by atoms with van der Waals surface area (Å²) in [6, 6.07) is 13.4. The Bertz CT molecular complexity index is 610. The zero-order chi connectivity index (χ0) is 14.7. The van der Waals surface area contributed by atoms with Crippen molar-refractivity contribution in [3.8, 4) is 0 Å². The first kappa shape index (κ1) is 16.0. The van der Waals surface area contributed by atoms with E-state index in [-0.39, 0.29) is 6.04 Å². The zero-order valence-electron chi connectivity index (χ0n) is 12.0. The van der Waals surface area contributed by atoms with Gasteiger partial charge in [-0.2, -0.15) is 0 Å². The van der Waals surface area contributed by atoms with Crippen LogP contribution in [0.4, 0.5) is 0 Å². The summed E-state index contributed by atoms with van der Waals surface area (Å²) >= 11 is 6.00. The van der Waals surface area contributed by atoms with Gasteiger partial charge in [0.05, 0.1) is 6.04 Å². The summed E-state index contributed by atoms with van der Waals surface area (Å²) < 4.78 is 2.41. The summed E-state index contributed by atoms with van der Waals surface area (Å²) in [6.45, 7) is 7.43. The standard InChI is InChI=1S/C17H19BrIN/c1-4-20-17(13-6-5-11(2)12(3)9-13)15-10-14(18)7-8-16(15)19/h5-10,17,20H,4H2,1-3H3. The van der Waals surface area contributed by atoms with Gasteiger partial charge in [0.1, 0.15) is 0 Å². The van der Waals surface area contributed by atoms with Crippen molar-refractivity contribution in [2.45, 2.75) is 26.8 Å². The quantitative estimate of drug-likeness (QED) is 0.626. The molecule has 0 aromatic heterocycles. The lowest BCUT2D eigenvalue weighted by Gasteiger charge is -2.21. The largest absolute Gasteiger partial charge is 0.306 e. The number of halogens is 2. The maximum atomic E-state index is 3.60. The highest BCUT2D eigenvalue weighted by atomic mass is 127. The molecule has 0 radical (unpaired) electrons. The van der Waals surface area contributed by atoms with Crippen LogP contribution in [0.1, 0.15) is 35.2 Å². The van der Waals surface area contributed by atoms with Crippen LogP contribution >= 0.6 is 38.5 Å². The van der Waals surface area contributed by atoms with Gasteiger partial charge in [0.15, 0.2) is 0 Å². The molecule has 0 bridgehead atoms. The molecule has 1 N–H and O–H groups in total. The van der Waals surface area contributed by atoms with Crippen molar-refractivity contribution >= 4 is 38.5 Å². The van der Waals surface area contributed by atoms with Crippen molar-refractivity contribution < 1.29 is 0 Å². The number of rotatable bonds is 4. The first-order valence-corrected chi connectivity index (χ1v) is 8.65. The Labute approximate surface area is 143 Å². The Kier molecular flexibility index (Phi) is 5.64. The minimum absolute atomic E-state index is 0.240. The van der Waals surface area contributed by atoms with E-state index >= 15 is 0 Å². The van der Waals surface area contributed by atoms with E-state index in [0.717, 1.165) is 11.0 Å². The van der Waals surface area contributed by atoms with Gasteiger partial charge in [-0.15, -0.1) is 0 Å². The molecule has 0 heterocycles. The molecular formula is C17H19BrIN. The molecule has 2 aromatic rings. The second-order valence-corrected chi connectivity index (χ2v) is 7.08. The van der Waals surface area contributed by atoms with Crippen LogP contribution in [-0.2, 0) is 0 Å². The lowest BCUT2D eigenvalue weighted by molar-refractivity contribution is 0.627. The van der Waals surface area contributed by atoms with E-state index in [2.05, 4.69) is 101 Å². The van der Waals surface area contributed by atoms with Crippen molar-refractivity contribution in [3.63, 3.8) is 0 Å².